The van der Waals surface area contributed by atoms with Gasteiger partial charge in [-0.2, -0.15) is 0 Å². The van der Waals surface area contributed by atoms with E-state index in [9.17, 15) is 0 Å². The predicted octanol–water partition coefficient (Wildman–Crippen LogP) is 5.26. The summed E-state index contributed by atoms with van der Waals surface area (Å²) in [6.07, 6.45) is 1.85. The summed E-state index contributed by atoms with van der Waals surface area (Å²) in [6, 6.07) is 8.65. The molecule has 3 rings (SSSR count). The van der Waals surface area contributed by atoms with Gasteiger partial charge in [0, 0.05) is 14.7 Å². The third kappa shape index (κ3) is 2.43. The summed E-state index contributed by atoms with van der Waals surface area (Å²) in [6.45, 7) is 5.03. The van der Waals surface area contributed by atoms with Crippen LogP contribution in [0.1, 0.15) is 29.9 Å². The van der Waals surface area contributed by atoms with E-state index in [4.69, 9.17) is 4.42 Å². The quantitative estimate of drug-likeness (QED) is 0.694. The highest BCUT2D eigenvalue weighted by atomic mass is 79.9. The molecule has 2 heterocycles. The number of fused-ring (bicyclic) bond motifs is 1. The van der Waals surface area contributed by atoms with E-state index in [2.05, 4.69) is 57.8 Å². The number of aryl methyl sites for hydroxylation is 1. The molecule has 104 valence electrons. The first kappa shape index (κ1) is 13.9. The lowest BCUT2D eigenvalue weighted by Crippen LogP contribution is -2.21. The molecule has 0 aliphatic carbocycles. The van der Waals surface area contributed by atoms with Gasteiger partial charge in [-0.3, -0.25) is 0 Å². The molecule has 2 aromatic heterocycles. The summed E-state index contributed by atoms with van der Waals surface area (Å²) >= 11 is 5.41. The van der Waals surface area contributed by atoms with Gasteiger partial charge < -0.3 is 9.73 Å². The van der Waals surface area contributed by atoms with Crippen molar-refractivity contribution in [2.24, 2.45) is 0 Å². The lowest BCUT2D eigenvalue weighted by Gasteiger charge is -2.16. The van der Waals surface area contributed by atoms with Crippen molar-refractivity contribution < 1.29 is 4.42 Å². The Morgan fingerprint density at radius 1 is 1.40 bits per heavy atom. The first-order valence-corrected chi connectivity index (χ1v) is 8.32. The summed E-state index contributed by atoms with van der Waals surface area (Å²) in [5, 5.41) is 7.10. The topological polar surface area (TPSA) is 25.2 Å². The van der Waals surface area contributed by atoms with Crippen LogP contribution in [-0.2, 0) is 0 Å². The molecular weight excluding hydrogens is 334 g/mol. The largest absolute Gasteiger partial charge is 0.469 e. The number of furan rings is 1. The second kappa shape index (κ2) is 5.72. The number of halogens is 1. The summed E-state index contributed by atoms with van der Waals surface area (Å²) in [7, 11) is 0. The number of benzene rings is 1. The average Bonchev–Trinajstić information content (AvgIpc) is 3.04. The lowest BCUT2D eigenvalue weighted by atomic mass is 10.0. The van der Waals surface area contributed by atoms with Crippen molar-refractivity contribution in [2.75, 3.05) is 6.54 Å². The standard InChI is InChI=1S/C16H16BrNOS/c1-3-18-15(11-7-10(2)19-8-11)13-9-20-16-12(13)5-4-6-14(16)17/h4-9,15,18H,3H2,1-2H3. The van der Waals surface area contributed by atoms with Crippen LogP contribution in [0.25, 0.3) is 10.1 Å². The molecule has 0 saturated carbocycles. The number of hydrogen-bond acceptors (Lipinski definition) is 3. The van der Waals surface area contributed by atoms with Crippen molar-refractivity contribution >= 4 is 37.4 Å². The Morgan fingerprint density at radius 3 is 2.95 bits per heavy atom. The average molecular weight is 350 g/mol. The normalized spacial score (nSPS) is 12.9. The van der Waals surface area contributed by atoms with Crippen LogP contribution in [0.3, 0.4) is 0 Å². The summed E-state index contributed by atoms with van der Waals surface area (Å²) in [4.78, 5) is 0. The zero-order valence-electron chi connectivity index (χ0n) is 11.4. The minimum absolute atomic E-state index is 0.181. The van der Waals surface area contributed by atoms with Gasteiger partial charge in [-0.25, -0.2) is 0 Å². The fourth-order valence-electron chi connectivity index (χ4n) is 2.49. The van der Waals surface area contributed by atoms with Crippen LogP contribution in [0.4, 0.5) is 0 Å². The maximum absolute atomic E-state index is 5.48. The van der Waals surface area contributed by atoms with Crippen molar-refractivity contribution in [2.45, 2.75) is 19.9 Å². The Balaban J connectivity index is 2.12. The molecule has 1 atom stereocenters. The van der Waals surface area contributed by atoms with Crippen molar-refractivity contribution in [3.8, 4) is 0 Å². The minimum Gasteiger partial charge on any atom is -0.469 e. The van der Waals surface area contributed by atoms with Crippen LogP contribution in [0, 0.1) is 6.92 Å². The van der Waals surface area contributed by atoms with Gasteiger partial charge in [-0.1, -0.05) is 19.1 Å². The first-order valence-electron chi connectivity index (χ1n) is 6.64. The van der Waals surface area contributed by atoms with E-state index in [1.165, 1.54) is 21.2 Å². The molecule has 0 saturated heterocycles. The number of thiophene rings is 1. The Labute approximate surface area is 130 Å². The molecule has 2 nitrogen and oxygen atoms in total. The molecule has 4 heteroatoms. The third-order valence-corrected chi connectivity index (χ3v) is 5.36. The molecule has 0 aliphatic rings. The van der Waals surface area contributed by atoms with Gasteiger partial charge in [0.25, 0.3) is 0 Å². The van der Waals surface area contributed by atoms with Crippen LogP contribution in [0.5, 0.6) is 0 Å². The zero-order valence-corrected chi connectivity index (χ0v) is 13.8. The Kier molecular flexibility index (Phi) is 3.96. The Hall–Kier alpha value is -1.10. The van der Waals surface area contributed by atoms with E-state index in [0.717, 1.165) is 16.8 Å². The van der Waals surface area contributed by atoms with E-state index in [1.807, 2.05) is 13.2 Å². The second-order valence-corrected chi connectivity index (χ2v) is 6.52. The van der Waals surface area contributed by atoms with E-state index in [0.29, 0.717) is 0 Å². The van der Waals surface area contributed by atoms with Crippen LogP contribution in [0.15, 0.2) is 44.8 Å². The third-order valence-electron chi connectivity index (χ3n) is 3.39. The lowest BCUT2D eigenvalue weighted by molar-refractivity contribution is 0.526. The van der Waals surface area contributed by atoms with E-state index >= 15 is 0 Å². The Bertz CT molecular complexity index is 731. The minimum atomic E-state index is 0.181. The highest BCUT2D eigenvalue weighted by Gasteiger charge is 2.19. The van der Waals surface area contributed by atoms with Crippen LogP contribution >= 0.6 is 27.3 Å². The van der Waals surface area contributed by atoms with E-state index < -0.39 is 0 Å². The maximum atomic E-state index is 5.48. The number of hydrogen-bond donors (Lipinski definition) is 1. The van der Waals surface area contributed by atoms with Crippen molar-refractivity contribution in [1.82, 2.24) is 5.32 Å². The molecule has 3 aromatic rings. The molecular formula is C16H16BrNOS. The first-order chi connectivity index (χ1) is 9.70. The van der Waals surface area contributed by atoms with Crippen molar-refractivity contribution in [3.05, 3.63) is 57.3 Å². The van der Waals surface area contributed by atoms with Gasteiger partial charge in [-0.05, 0) is 57.9 Å². The van der Waals surface area contributed by atoms with Crippen LogP contribution < -0.4 is 5.32 Å². The molecule has 0 aliphatic heterocycles. The molecule has 0 radical (unpaired) electrons. The van der Waals surface area contributed by atoms with Gasteiger partial charge in [0.2, 0.25) is 0 Å². The highest BCUT2D eigenvalue weighted by molar-refractivity contribution is 9.10. The predicted molar refractivity (Wildman–Crippen MR) is 88.5 cm³/mol. The summed E-state index contributed by atoms with van der Waals surface area (Å²) in [5.74, 6) is 0.948. The van der Waals surface area contributed by atoms with Gasteiger partial charge in [0.15, 0.2) is 0 Å². The van der Waals surface area contributed by atoms with Crippen molar-refractivity contribution in [1.29, 1.82) is 0 Å². The SMILES string of the molecule is CCNC(c1coc(C)c1)c1csc2c(Br)cccc12. The number of nitrogens with one attached hydrogen (secondary N) is 1. The van der Waals surface area contributed by atoms with Crippen molar-refractivity contribution in [3.63, 3.8) is 0 Å². The molecule has 1 N–H and O–H groups in total. The zero-order chi connectivity index (χ0) is 14.1. The van der Waals surface area contributed by atoms with Crippen LogP contribution in [0.2, 0.25) is 0 Å². The number of rotatable bonds is 4. The molecule has 0 spiro atoms. The van der Waals surface area contributed by atoms with Gasteiger partial charge in [-0.15, -0.1) is 11.3 Å². The molecule has 0 bridgehead atoms. The highest BCUT2D eigenvalue weighted by Crippen LogP contribution is 2.37. The monoisotopic (exact) mass is 349 g/mol. The maximum Gasteiger partial charge on any atom is 0.101 e. The van der Waals surface area contributed by atoms with Crippen LogP contribution in [-0.4, -0.2) is 6.54 Å². The fourth-order valence-corrected chi connectivity index (χ4v) is 4.14. The molecule has 1 unspecified atom stereocenters. The smallest absolute Gasteiger partial charge is 0.101 e. The summed E-state index contributed by atoms with van der Waals surface area (Å²) < 4.78 is 7.93. The molecule has 0 fully saturated rings. The Morgan fingerprint density at radius 2 is 2.25 bits per heavy atom. The fraction of sp³-hybridized carbons (Fsp3) is 0.250. The summed E-state index contributed by atoms with van der Waals surface area (Å²) in [5.41, 5.74) is 2.50. The second-order valence-electron chi connectivity index (χ2n) is 4.79. The molecule has 0 amide bonds. The van der Waals surface area contributed by atoms with E-state index in [-0.39, 0.29) is 6.04 Å². The molecule has 20 heavy (non-hydrogen) atoms. The molecule has 1 aromatic carbocycles. The van der Waals surface area contributed by atoms with Gasteiger partial charge in [0.05, 0.1) is 12.3 Å². The van der Waals surface area contributed by atoms with Gasteiger partial charge >= 0.3 is 0 Å². The van der Waals surface area contributed by atoms with E-state index in [1.54, 1.807) is 11.3 Å². The van der Waals surface area contributed by atoms with Gasteiger partial charge in [0.1, 0.15) is 5.76 Å².